The van der Waals surface area contributed by atoms with Crippen LogP contribution in [-0.2, 0) is 15.6 Å². The number of fused-ring (bicyclic) bond motifs is 1. The molecule has 1 aliphatic heterocycles. The van der Waals surface area contributed by atoms with E-state index in [0.29, 0.717) is 23.0 Å². The Balaban J connectivity index is 0.000000353. The molecule has 0 aromatic carbocycles. The Morgan fingerprint density at radius 1 is 0.528 bits per heavy atom. The van der Waals surface area contributed by atoms with E-state index in [4.69, 9.17) is 4.74 Å². The molecule has 0 aromatic heterocycles. The lowest BCUT2D eigenvalue weighted by Crippen LogP contribution is -2.48. The summed E-state index contributed by atoms with van der Waals surface area (Å²) in [4.78, 5) is 0. The minimum atomic E-state index is 0.601. The fraction of sp³-hybridized carbons (Fsp3) is 1.00. The highest BCUT2D eigenvalue weighted by atomic mass is 32.2. The van der Waals surface area contributed by atoms with Gasteiger partial charge in [0.2, 0.25) is 0 Å². The molecule has 7 rings (SSSR count). The SMILES string of the molecule is C1CCCCC1.CC1C23CCCCC2C2CCCCC21CC(OC1CCC([S+]2CCCCC2)CC1)C3. The summed E-state index contributed by atoms with van der Waals surface area (Å²) < 4.78 is 7.09. The number of hydrogen-bond acceptors (Lipinski definition) is 1. The predicted octanol–water partition coefficient (Wildman–Crippen LogP) is 9.62. The van der Waals surface area contributed by atoms with Gasteiger partial charge in [-0.05, 0) is 123 Å². The van der Waals surface area contributed by atoms with E-state index in [1.165, 1.54) is 135 Å². The molecular formula is C34H59OS+. The first-order chi connectivity index (χ1) is 17.7. The van der Waals surface area contributed by atoms with Crippen LogP contribution in [0.4, 0.5) is 0 Å². The van der Waals surface area contributed by atoms with E-state index < -0.39 is 0 Å². The molecule has 206 valence electrons. The van der Waals surface area contributed by atoms with E-state index >= 15 is 0 Å². The van der Waals surface area contributed by atoms with Gasteiger partial charge in [0.05, 0.1) is 12.2 Å². The van der Waals surface area contributed by atoms with Gasteiger partial charge in [0.25, 0.3) is 0 Å². The highest BCUT2D eigenvalue weighted by Gasteiger charge is 2.68. The Morgan fingerprint density at radius 3 is 1.56 bits per heavy atom. The average Bonchev–Trinajstić information content (AvgIpc) is 3.06. The molecule has 4 atom stereocenters. The Labute approximate surface area is 227 Å². The maximum absolute atomic E-state index is 7.09. The zero-order valence-electron chi connectivity index (χ0n) is 24.0. The highest BCUT2D eigenvalue weighted by Crippen LogP contribution is 2.75. The van der Waals surface area contributed by atoms with Crippen molar-refractivity contribution >= 4 is 10.9 Å². The van der Waals surface area contributed by atoms with Crippen LogP contribution in [0, 0.1) is 28.6 Å². The van der Waals surface area contributed by atoms with Crippen LogP contribution in [0.15, 0.2) is 0 Å². The third-order valence-electron chi connectivity index (χ3n) is 13.0. The molecule has 2 bridgehead atoms. The zero-order chi connectivity index (χ0) is 24.4. The fourth-order valence-corrected chi connectivity index (χ4v) is 14.3. The van der Waals surface area contributed by atoms with Crippen molar-refractivity contribution in [1.29, 1.82) is 0 Å². The van der Waals surface area contributed by atoms with Crippen molar-refractivity contribution < 1.29 is 4.74 Å². The maximum Gasteiger partial charge on any atom is 0.118 e. The van der Waals surface area contributed by atoms with Crippen molar-refractivity contribution in [1.82, 2.24) is 0 Å². The quantitative estimate of drug-likeness (QED) is 0.340. The summed E-state index contributed by atoms with van der Waals surface area (Å²) in [6.07, 6.45) is 35.6. The van der Waals surface area contributed by atoms with Crippen LogP contribution in [0.2, 0.25) is 0 Å². The van der Waals surface area contributed by atoms with Crippen molar-refractivity contribution in [2.75, 3.05) is 11.5 Å². The molecule has 7 fully saturated rings. The van der Waals surface area contributed by atoms with Gasteiger partial charge in [0.15, 0.2) is 0 Å². The number of hydrogen-bond donors (Lipinski definition) is 0. The lowest BCUT2D eigenvalue weighted by molar-refractivity contribution is -0.124. The van der Waals surface area contributed by atoms with Crippen LogP contribution in [-0.4, -0.2) is 29.0 Å². The lowest BCUT2D eigenvalue weighted by Gasteiger charge is -2.53. The molecule has 7 aliphatic rings. The van der Waals surface area contributed by atoms with Crippen LogP contribution < -0.4 is 0 Å². The second kappa shape index (κ2) is 11.8. The summed E-state index contributed by atoms with van der Waals surface area (Å²) in [5.41, 5.74) is 1.33. The average molecular weight is 516 g/mol. The first-order valence-corrected chi connectivity index (χ1v) is 18.7. The van der Waals surface area contributed by atoms with E-state index in [0.717, 1.165) is 33.9 Å². The normalized spacial score (nSPS) is 47.2. The van der Waals surface area contributed by atoms with Crippen LogP contribution in [0.5, 0.6) is 0 Å². The molecule has 0 amide bonds. The number of rotatable bonds is 3. The fourth-order valence-electron chi connectivity index (χ4n) is 11.3. The first kappa shape index (κ1) is 26.5. The van der Waals surface area contributed by atoms with Gasteiger partial charge in [-0.15, -0.1) is 0 Å². The van der Waals surface area contributed by atoms with Crippen molar-refractivity contribution in [2.45, 2.75) is 172 Å². The third kappa shape index (κ3) is 5.11. The first-order valence-electron chi connectivity index (χ1n) is 17.0. The molecule has 2 spiro atoms. The summed E-state index contributed by atoms with van der Waals surface area (Å²) in [6.45, 7) is 2.70. The van der Waals surface area contributed by atoms with E-state index in [2.05, 4.69) is 6.92 Å². The molecule has 2 heteroatoms. The largest absolute Gasteiger partial charge is 0.375 e. The minimum absolute atomic E-state index is 0.601. The second-order valence-electron chi connectivity index (χ2n) is 14.6. The summed E-state index contributed by atoms with van der Waals surface area (Å²) in [6, 6.07) is 0. The summed E-state index contributed by atoms with van der Waals surface area (Å²) in [5.74, 6) is 6.20. The minimum Gasteiger partial charge on any atom is -0.375 e. The Hall–Kier alpha value is 0.310. The Morgan fingerprint density at radius 2 is 1.03 bits per heavy atom. The van der Waals surface area contributed by atoms with Crippen molar-refractivity contribution in [3.8, 4) is 0 Å². The standard InChI is InChI=1S/C28H47OS.C6H12/c1-21-27-15-5-3-9-25(27)26-10-4-6-16-28(21,26)20-23(19-27)29-22-11-13-24(14-12-22)30-17-7-2-8-18-30;1-2-4-6-5-3-1/h21-26H,2-20H2,1H3;1-6H2/q+1;. The van der Waals surface area contributed by atoms with Gasteiger partial charge in [-0.1, -0.05) is 71.1 Å². The third-order valence-corrected chi connectivity index (χ3v) is 16.0. The van der Waals surface area contributed by atoms with Crippen LogP contribution in [0.1, 0.15) is 155 Å². The summed E-state index contributed by atoms with van der Waals surface area (Å²) in [5, 5.41) is 1.07. The van der Waals surface area contributed by atoms with Crippen LogP contribution in [0.3, 0.4) is 0 Å². The molecule has 6 saturated carbocycles. The molecule has 1 saturated heterocycles. The summed E-state index contributed by atoms with van der Waals surface area (Å²) >= 11 is 0. The topological polar surface area (TPSA) is 9.23 Å². The summed E-state index contributed by atoms with van der Waals surface area (Å²) in [7, 11) is 0.772. The lowest BCUT2D eigenvalue weighted by atomic mass is 9.54. The van der Waals surface area contributed by atoms with Gasteiger partial charge in [0.1, 0.15) is 16.8 Å². The molecule has 0 aromatic rings. The second-order valence-corrected chi connectivity index (χ2v) is 17.1. The van der Waals surface area contributed by atoms with Gasteiger partial charge in [0, 0.05) is 0 Å². The van der Waals surface area contributed by atoms with Gasteiger partial charge < -0.3 is 4.74 Å². The molecule has 0 radical (unpaired) electrons. The predicted molar refractivity (Wildman–Crippen MR) is 157 cm³/mol. The van der Waals surface area contributed by atoms with Gasteiger partial charge in [-0.25, -0.2) is 0 Å². The Bertz CT molecular complexity index is 646. The highest BCUT2D eigenvalue weighted by molar-refractivity contribution is 7.97. The van der Waals surface area contributed by atoms with Gasteiger partial charge in [-0.3, -0.25) is 0 Å². The Kier molecular flexibility index (Phi) is 8.71. The van der Waals surface area contributed by atoms with Gasteiger partial charge in [-0.2, -0.15) is 0 Å². The van der Waals surface area contributed by atoms with Crippen molar-refractivity contribution in [2.24, 2.45) is 28.6 Å². The van der Waals surface area contributed by atoms with Crippen LogP contribution in [0.25, 0.3) is 0 Å². The van der Waals surface area contributed by atoms with E-state index in [1.807, 2.05) is 0 Å². The van der Waals surface area contributed by atoms with E-state index in [1.54, 1.807) is 24.3 Å². The maximum atomic E-state index is 7.09. The van der Waals surface area contributed by atoms with Crippen molar-refractivity contribution in [3.05, 3.63) is 0 Å². The molecular weight excluding hydrogens is 456 g/mol. The van der Waals surface area contributed by atoms with Crippen molar-refractivity contribution in [3.63, 3.8) is 0 Å². The molecule has 4 unspecified atom stereocenters. The monoisotopic (exact) mass is 515 g/mol. The molecule has 6 aliphatic carbocycles. The van der Waals surface area contributed by atoms with Gasteiger partial charge >= 0.3 is 0 Å². The molecule has 36 heavy (non-hydrogen) atoms. The molecule has 1 nitrogen and oxygen atoms in total. The molecule has 0 N–H and O–H groups in total. The zero-order valence-corrected chi connectivity index (χ0v) is 24.8. The van der Waals surface area contributed by atoms with E-state index in [-0.39, 0.29) is 0 Å². The number of ether oxygens (including phenoxy) is 1. The molecule has 1 heterocycles. The van der Waals surface area contributed by atoms with E-state index in [9.17, 15) is 0 Å². The van der Waals surface area contributed by atoms with Crippen LogP contribution >= 0.6 is 0 Å². The smallest absolute Gasteiger partial charge is 0.118 e.